The van der Waals surface area contributed by atoms with E-state index in [-0.39, 0.29) is 17.7 Å². The van der Waals surface area contributed by atoms with Gasteiger partial charge in [0, 0.05) is 38.6 Å². The van der Waals surface area contributed by atoms with Gasteiger partial charge in [0.2, 0.25) is 0 Å². The Morgan fingerprint density at radius 2 is 2.15 bits per heavy atom. The fraction of sp³-hybridized carbons (Fsp3) is 0.722. The molecule has 144 valence electrons. The van der Waals surface area contributed by atoms with Crippen LogP contribution in [0.3, 0.4) is 0 Å². The van der Waals surface area contributed by atoms with E-state index in [1.54, 1.807) is 0 Å². The first-order chi connectivity index (χ1) is 12.3. The number of aromatic nitrogens is 2. The fourth-order valence-electron chi connectivity index (χ4n) is 3.60. The van der Waals surface area contributed by atoms with Gasteiger partial charge in [0.1, 0.15) is 5.60 Å². The molecule has 1 N–H and O–H groups in total. The van der Waals surface area contributed by atoms with Gasteiger partial charge >= 0.3 is 6.09 Å². The third-order valence-electron chi connectivity index (χ3n) is 4.79. The summed E-state index contributed by atoms with van der Waals surface area (Å²) >= 11 is 1.45. The maximum Gasteiger partial charge on any atom is 0.410 e. The SMILES string of the molecule is CSc1nc2c(c(=O)[nH]1)CN(CC1CCCN1C(=O)OC(C)(C)C)CC2. The van der Waals surface area contributed by atoms with Crippen LogP contribution < -0.4 is 5.56 Å². The van der Waals surface area contributed by atoms with Gasteiger partial charge in [-0.25, -0.2) is 9.78 Å². The average Bonchev–Trinajstić information content (AvgIpc) is 3.02. The molecule has 0 aliphatic carbocycles. The molecule has 2 aliphatic rings. The van der Waals surface area contributed by atoms with Crippen molar-refractivity contribution in [3.8, 4) is 0 Å². The predicted molar refractivity (Wildman–Crippen MR) is 102 cm³/mol. The number of likely N-dealkylation sites (tertiary alicyclic amines) is 1. The summed E-state index contributed by atoms with van der Waals surface area (Å²) < 4.78 is 5.54. The summed E-state index contributed by atoms with van der Waals surface area (Å²) in [6.07, 6.45) is 4.41. The monoisotopic (exact) mass is 380 g/mol. The quantitative estimate of drug-likeness (QED) is 0.640. The molecule has 8 heteroatoms. The van der Waals surface area contributed by atoms with Crippen LogP contribution in [0.15, 0.2) is 9.95 Å². The lowest BCUT2D eigenvalue weighted by Crippen LogP contribution is -2.47. The molecular weight excluding hydrogens is 352 g/mol. The molecular formula is C18H28N4O3S. The van der Waals surface area contributed by atoms with E-state index >= 15 is 0 Å². The van der Waals surface area contributed by atoms with E-state index in [4.69, 9.17) is 4.74 Å². The largest absolute Gasteiger partial charge is 0.444 e. The lowest BCUT2D eigenvalue weighted by atomic mass is 10.1. The summed E-state index contributed by atoms with van der Waals surface area (Å²) in [6, 6.07) is 0.143. The van der Waals surface area contributed by atoms with Crippen LogP contribution in [0.25, 0.3) is 0 Å². The minimum Gasteiger partial charge on any atom is -0.444 e. The standard InChI is InChI=1S/C18H28N4O3S/c1-18(2,3)25-17(24)22-8-5-6-12(22)10-21-9-7-14-13(11-21)15(23)20-16(19-14)26-4/h12H,5-11H2,1-4H3,(H,19,20,23). The van der Waals surface area contributed by atoms with Gasteiger partial charge in [-0.05, 0) is 39.9 Å². The number of ether oxygens (including phenoxy) is 1. The number of hydrogen-bond donors (Lipinski definition) is 1. The molecule has 1 aromatic heterocycles. The number of hydrogen-bond acceptors (Lipinski definition) is 6. The molecule has 0 spiro atoms. The zero-order valence-corrected chi connectivity index (χ0v) is 16.8. The van der Waals surface area contributed by atoms with Crippen molar-refractivity contribution in [1.29, 1.82) is 0 Å². The van der Waals surface area contributed by atoms with Crippen molar-refractivity contribution in [1.82, 2.24) is 19.8 Å². The van der Waals surface area contributed by atoms with Gasteiger partial charge in [-0.3, -0.25) is 9.69 Å². The van der Waals surface area contributed by atoms with Crippen molar-refractivity contribution in [3.63, 3.8) is 0 Å². The number of thioether (sulfide) groups is 1. The number of nitrogens with one attached hydrogen (secondary N) is 1. The smallest absolute Gasteiger partial charge is 0.410 e. The Morgan fingerprint density at radius 1 is 1.38 bits per heavy atom. The van der Waals surface area contributed by atoms with Crippen molar-refractivity contribution < 1.29 is 9.53 Å². The minimum atomic E-state index is -0.484. The van der Waals surface area contributed by atoms with Crippen LogP contribution in [0, 0.1) is 0 Å². The molecule has 26 heavy (non-hydrogen) atoms. The van der Waals surface area contributed by atoms with Crippen LogP contribution in [0.1, 0.15) is 44.9 Å². The molecule has 0 radical (unpaired) electrons. The van der Waals surface area contributed by atoms with Crippen LogP contribution in [0.2, 0.25) is 0 Å². The van der Waals surface area contributed by atoms with Gasteiger partial charge in [-0.15, -0.1) is 0 Å². The Bertz CT molecular complexity index is 728. The van der Waals surface area contributed by atoms with E-state index in [2.05, 4.69) is 14.9 Å². The van der Waals surface area contributed by atoms with Gasteiger partial charge in [-0.2, -0.15) is 0 Å². The third-order valence-corrected chi connectivity index (χ3v) is 5.37. The molecule has 3 heterocycles. The molecule has 0 saturated carbocycles. The zero-order valence-electron chi connectivity index (χ0n) is 16.0. The first-order valence-corrected chi connectivity index (χ1v) is 10.4. The molecule has 1 atom stereocenters. The van der Waals surface area contributed by atoms with Crippen LogP contribution in [0.4, 0.5) is 4.79 Å². The molecule has 2 aliphatic heterocycles. The molecule has 0 aromatic carbocycles. The van der Waals surface area contributed by atoms with E-state index in [0.29, 0.717) is 11.7 Å². The van der Waals surface area contributed by atoms with E-state index in [1.165, 1.54) is 11.8 Å². The number of carbonyl (C=O) groups is 1. The van der Waals surface area contributed by atoms with Crippen molar-refractivity contribution in [2.45, 2.75) is 63.4 Å². The van der Waals surface area contributed by atoms with E-state index < -0.39 is 5.60 Å². The van der Waals surface area contributed by atoms with Crippen molar-refractivity contribution >= 4 is 17.9 Å². The number of carbonyl (C=O) groups excluding carboxylic acids is 1. The summed E-state index contributed by atoms with van der Waals surface area (Å²) in [5.74, 6) is 0. The number of nitrogens with zero attached hydrogens (tertiary/aromatic N) is 3. The maximum atomic E-state index is 12.5. The van der Waals surface area contributed by atoms with E-state index in [1.807, 2.05) is 31.9 Å². The molecule has 1 aromatic rings. The van der Waals surface area contributed by atoms with Crippen LogP contribution >= 0.6 is 11.8 Å². The van der Waals surface area contributed by atoms with Crippen LogP contribution in [0.5, 0.6) is 0 Å². The first kappa shape index (κ1) is 19.2. The second-order valence-electron chi connectivity index (χ2n) is 7.96. The molecule has 1 fully saturated rings. The Kier molecular flexibility index (Phi) is 5.62. The Labute approximate surface area is 158 Å². The van der Waals surface area contributed by atoms with E-state index in [0.717, 1.165) is 50.2 Å². The summed E-state index contributed by atoms with van der Waals surface area (Å²) in [4.78, 5) is 36.3. The Balaban J connectivity index is 1.66. The average molecular weight is 381 g/mol. The van der Waals surface area contributed by atoms with Gasteiger partial charge in [0.05, 0.1) is 11.3 Å². The maximum absolute atomic E-state index is 12.5. The number of amides is 1. The molecule has 3 rings (SSSR count). The molecule has 1 unspecified atom stereocenters. The summed E-state index contributed by atoms with van der Waals surface area (Å²) in [5, 5.41) is 0.675. The molecule has 1 saturated heterocycles. The van der Waals surface area contributed by atoms with Crippen molar-refractivity contribution in [2.75, 3.05) is 25.9 Å². The molecule has 1 amide bonds. The van der Waals surface area contributed by atoms with Crippen molar-refractivity contribution in [3.05, 3.63) is 21.6 Å². The lowest BCUT2D eigenvalue weighted by Gasteiger charge is -2.34. The first-order valence-electron chi connectivity index (χ1n) is 9.15. The molecule has 0 bridgehead atoms. The highest BCUT2D eigenvalue weighted by molar-refractivity contribution is 7.98. The number of H-pyrrole nitrogens is 1. The lowest BCUT2D eigenvalue weighted by molar-refractivity contribution is 0.0191. The van der Waals surface area contributed by atoms with Gasteiger partial charge in [-0.1, -0.05) is 11.8 Å². The van der Waals surface area contributed by atoms with Crippen molar-refractivity contribution in [2.24, 2.45) is 0 Å². The highest BCUT2D eigenvalue weighted by atomic mass is 32.2. The van der Waals surface area contributed by atoms with Crippen LogP contribution in [-0.4, -0.2) is 63.4 Å². The number of aromatic amines is 1. The highest BCUT2D eigenvalue weighted by Crippen LogP contribution is 2.24. The summed E-state index contributed by atoms with van der Waals surface area (Å²) in [7, 11) is 0. The predicted octanol–water partition coefficient (Wildman–Crippen LogP) is 2.25. The topological polar surface area (TPSA) is 78.5 Å². The van der Waals surface area contributed by atoms with Gasteiger partial charge < -0.3 is 14.6 Å². The number of fused-ring (bicyclic) bond motifs is 1. The van der Waals surface area contributed by atoms with Gasteiger partial charge in [0.15, 0.2) is 5.16 Å². The Morgan fingerprint density at radius 3 is 2.85 bits per heavy atom. The van der Waals surface area contributed by atoms with E-state index in [9.17, 15) is 9.59 Å². The minimum absolute atomic E-state index is 0.0422. The molecule has 7 nitrogen and oxygen atoms in total. The fourth-order valence-corrected chi connectivity index (χ4v) is 3.99. The second kappa shape index (κ2) is 7.60. The van der Waals surface area contributed by atoms with Gasteiger partial charge in [0.25, 0.3) is 5.56 Å². The highest BCUT2D eigenvalue weighted by Gasteiger charge is 2.34. The summed E-state index contributed by atoms with van der Waals surface area (Å²) in [5.41, 5.74) is 1.14. The zero-order chi connectivity index (χ0) is 18.9. The summed E-state index contributed by atoms with van der Waals surface area (Å²) in [6.45, 7) is 8.62. The Hall–Kier alpha value is -1.54. The second-order valence-corrected chi connectivity index (χ2v) is 8.75. The number of rotatable bonds is 3. The third kappa shape index (κ3) is 4.40. The van der Waals surface area contributed by atoms with Crippen LogP contribution in [-0.2, 0) is 17.7 Å². The normalized spacial score (nSPS) is 20.9.